The van der Waals surface area contributed by atoms with Gasteiger partial charge in [-0.1, -0.05) is 18.2 Å². The van der Waals surface area contributed by atoms with E-state index in [1.807, 2.05) is 61.9 Å². The van der Waals surface area contributed by atoms with Gasteiger partial charge in [0.2, 0.25) is 5.91 Å². The number of hydrogen-bond donors (Lipinski definition) is 1. The van der Waals surface area contributed by atoms with Gasteiger partial charge in [0.15, 0.2) is 0 Å². The summed E-state index contributed by atoms with van der Waals surface area (Å²) in [6, 6.07) is 10.0. The molecule has 0 aliphatic heterocycles. The molecule has 0 spiro atoms. The predicted molar refractivity (Wildman–Crippen MR) is 115 cm³/mol. The summed E-state index contributed by atoms with van der Waals surface area (Å²) in [6.45, 7) is 6.67. The van der Waals surface area contributed by atoms with Crippen LogP contribution in [0.3, 0.4) is 0 Å². The smallest absolute Gasteiger partial charge is 0.244 e. The first-order valence-electron chi connectivity index (χ1n) is 9.53. The topological polar surface area (TPSA) is 59.8 Å². The van der Waals surface area contributed by atoms with E-state index in [1.165, 1.54) is 5.01 Å². The summed E-state index contributed by atoms with van der Waals surface area (Å²) in [7, 11) is 0. The molecular weight excluding hydrogens is 368 g/mol. The molecule has 3 rings (SSSR count). The quantitative estimate of drug-likeness (QED) is 0.455. The third kappa shape index (κ3) is 5.16. The van der Waals surface area contributed by atoms with Gasteiger partial charge < -0.3 is 5.32 Å². The van der Waals surface area contributed by atoms with Gasteiger partial charge in [-0.2, -0.15) is 5.10 Å². The summed E-state index contributed by atoms with van der Waals surface area (Å²) in [5.41, 5.74) is 5.01. The maximum absolute atomic E-state index is 12.1. The average molecular weight is 395 g/mol. The summed E-state index contributed by atoms with van der Waals surface area (Å²) < 4.78 is 1.91. The van der Waals surface area contributed by atoms with Crippen LogP contribution in [0.5, 0.6) is 0 Å². The number of rotatable bonds is 8. The lowest BCUT2D eigenvalue weighted by atomic mass is 10.2. The highest BCUT2D eigenvalue weighted by Gasteiger charge is 2.10. The van der Waals surface area contributed by atoms with Crippen LogP contribution in [-0.2, 0) is 11.2 Å². The molecule has 0 saturated heterocycles. The van der Waals surface area contributed by atoms with Gasteiger partial charge in [-0.3, -0.25) is 4.79 Å². The van der Waals surface area contributed by atoms with Crippen molar-refractivity contribution in [1.82, 2.24) is 20.1 Å². The van der Waals surface area contributed by atoms with Crippen molar-refractivity contribution in [2.45, 2.75) is 40.0 Å². The van der Waals surface area contributed by atoms with Crippen molar-refractivity contribution in [3.05, 3.63) is 69.4 Å². The molecule has 2 heterocycles. The molecule has 0 unspecified atom stereocenters. The number of nitrogens with one attached hydrogen (secondary N) is 1. The molecule has 0 bridgehead atoms. The first-order chi connectivity index (χ1) is 13.5. The summed E-state index contributed by atoms with van der Waals surface area (Å²) in [4.78, 5) is 16.6. The highest BCUT2D eigenvalue weighted by molar-refractivity contribution is 7.09. The maximum Gasteiger partial charge on any atom is 0.244 e. The molecule has 3 aromatic rings. The van der Waals surface area contributed by atoms with Crippen LogP contribution >= 0.6 is 11.3 Å². The van der Waals surface area contributed by atoms with E-state index in [0.29, 0.717) is 6.54 Å². The second-order valence-electron chi connectivity index (χ2n) is 6.80. The van der Waals surface area contributed by atoms with Crippen LogP contribution in [-0.4, -0.2) is 27.2 Å². The van der Waals surface area contributed by atoms with E-state index >= 15 is 0 Å². The number of amides is 1. The Bertz CT molecular complexity index is 956. The lowest BCUT2D eigenvalue weighted by Crippen LogP contribution is -2.22. The molecule has 0 aliphatic carbocycles. The Balaban J connectivity index is 1.49. The van der Waals surface area contributed by atoms with Crippen molar-refractivity contribution < 1.29 is 4.79 Å². The predicted octanol–water partition coefficient (Wildman–Crippen LogP) is 4.41. The van der Waals surface area contributed by atoms with Gasteiger partial charge in [-0.05, 0) is 58.2 Å². The molecule has 0 radical (unpaired) electrons. The third-order valence-electron chi connectivity index (χ3n) is 4.53. The van der Waals surface area contributed by atoms with Crippen molar-refractivity contribution >= 4 is 23.3 Å². The zero-order valence-corrected chi connectivity index (χ0v) is 17.4. The Morgan fingerprint density at radius 2 is 1.96 bits per heavy atom. The Hall–Kier alpha value is -2.73. The van der Waals surface area contributed by atoms with Gasteiger partial charge in [0, 0.05) is 35.0 Å². The molecule has 0 aliphatic rings. The zero-order valence-electron chi connectivity index (χ0n) is 16.6. The van der Waals surface area contributed by atoms with E-state index in [2.05, 4.69) is 20.8 Å². The number of benzene rings is 1. The number of thiazole rings is 1. The van der Waals surface area contributed by atoms with Gasteiger partial charge in [0.25, 0.3) is 0 Å². The van der Waals surface area contributed by atoms with Crippen LogP contribution in [0.4, 0.5) is 0 Å². The molecule has 6 heteroatoms. The lowest BCUT2D eigenvalue weighted by Gasteiger charge is -2.04. The lowest BCUT2D eigenvalue weighted by molar-refractivity contribution is -0.116. The number of aryl methyl sites for hydroxylation is 3. The Kier molecular flexibility index (Phi) is 6.76. The molecule has 5 nitrogen and oxygen atoms in total. The molecule has 1 aromatic carbocycles. The number of aromatic nitrogens is 3. The van der Waals surface area contributed by atoms with Crippen LogP contribution in [0, 0.1) is 20.8 Å². The number of para-hydroxylation sites is 1. The van der Waals surface area contributed by atoms with E-state index in [0.717, 1.165) is 47.6 Å². The number of unbranched alkanes of at least 4 members (excludes halogenated alkanes) is 1. The fraction of sp³-hybridized carbons (Fsp3) is 0.318. The number of carbonyl (C=O) groups is 1. The van der Waals surface area contributed by atoms with E-state index in [-0.39, 0.29) is 5.91 Å². The highest BCUT2D eigenvalue weighted by atomic mass is 32.1. The molecule has 1 amide bonds. The summed E-state index contributed by atoms with van der Waals surface area (Å²) in [6.07, 6.45) is 6.39. The fourth-order valence-electron chi connectivity index (χ4n) is 3.06. The first-order valence-corrected chi connectivity index (χ1v) is 10.4. The van der Waals surface area contributed by atoms with Crippen LogP contribution in [0.2, 0.25) is 0 Å². The SMILES string of the molecule is Cc1csc(CCCCNC(=O)/C=C/c2c(C)nn(-c3ccccc3)c2C)n1. The minimum absolute atomic E-state index is 0.0728. The summed E-state index contributed by atoms with van der Waals surface area (Å²) in [5.74, 6) is -0.0728. The van der Waals surface area contributed by atoms with Crippen LogP contribution in [0.1, 0.15) is 40.5 Å². The largest absolute Gasteiger partial charge is 0.353 e. The minimum atomic E-state index is -0.0728. The molecule has 1 N–H and O–H groups in total. The Morgan fingerprint density at radius 3 is 2.68 bits per heavy atom. The van der Waals surface area contributed by atoms with Gasteiger partial charge in [0.05, 0.1) is 16.4 Å². The molecule has 0 atom stereocenters. The maximum atomic E-state index is 12.1. The van der Waals surface area contributed by atoms with Crippen molar-refractivity contribution in [1.29, 1.82) is 0 Å². The van der Waals surface area contributed by atoms with E-state index in [4.69, 9.17) is 0 Å². The summed E-state index contributed by atoms with van der Waals surface area (Å²) in [5, 5.41) is 10.8. The van der Waals surface area contributed by atoms with Gasteiger partial charge >= 0.3 is 0 Å². The minimum Gasteiger partial charge on any atom is -0.353 e. The zero-order chi connectivity index (χ0) is 19.9. The molecule has 28 heavy (non-hydrogen) atoms. The van der Waals surface area contributed by atoms with Gasteiger partial charge in [-0.25, -0.2) is 9.67 Å². The monoisotopic (exact) mass is 394 g/mol. The van der Waals surface area contributed by atoms with E-state index < -0.39 is 0 Å². The van der Waals surface area contributed by atoms with Gasteiger partial charge in [-0.15, -0.1) is 11.3 Å². The second kappa shape index (κ2) is 9.46. The van der Waals surface area contributed by atoms with Crippen LogP contribution in [0.25, 0.3) is 11.8 Å². The average Bonchev–Trinajstić information content (AvgIpc) is 3.23. The van der Waals surface area contributed by atoms with Crippen LogP contribution < -0.4 is 5.32 Å². The molecular formula is C22H26N4OS. The molecule has 2 aromatic heterocycles. The first kappa shape index (κ1) is 20.0. The van der Waals surface area contributed by atoms with Gasteiger partial charge in [0.1, 0.15) is 0 Å². The van der Waals surface area contributed by atoms with Crippen molar-refractivity contribution in [2.24, 2.45) is 0 Å². The van der Waals surface area contributed by atoms with Crippen molar-refractivity contribution in [3.63, 3.8) is 0 Å². The standard InChI is InChI=1S/C22H26N4OS/c1-16-15-28-22(24-16)11-7-8-14-23-21(27)13-12-20-17(2)25-26(18(20)3)19-9-5-4-6-10-19/h4-6,9-10,12-13,15H,7-8,11,14H2,1-3H3,(H,23,27)/b13-12+. The molecule has 0 fully saturated rings. The normalized spacial score (nSPS) is 11.2. The van der Waals surface area contributed by atoms with Crippen molar-refractivity contribution in [2.75, 3.05) is 6.54 Å². The Morgan fingerprint density at radius 1 is 1.18 bits per heavy atom. The Labute approximate surface area is 170 Å². The summed E-state index contributed by atoms with van der Waals surface area (Å²) >= 11 is 1.71. The molecule has 0 saturated carbocycles. The highest BCUT2D eigenvalue weighted by Crippen LogP contribution is 2.19. The fourth-order valence-corrected chi connectivity index (χ4v) is 3.88. The second-order valence-corrected chi connectivity index (χ2v) is 7.74. The van der Waals surface area contributed by atoms with E-state index in [9.17, 15) is 4.79 Å². The van der Waals surface area contributed by atoms with Crippen LogP contribution in [0.15, 0.2) is 41.8 Å². The number of hydrogen-bond acceptors (Lipinski definition) is 4. The van der Waals surface area contributed by atoms with Crippen molar-refractivity contribution in [3.8, 4) is 5.69 Å². The van der Waals surface area contributed by atoms with E-state index in [1.54, 1.807) is 17.4 Å². The third-order valence-corrected chi connectivity index (χ3v) is 5.56. The molecule has 146 valence electrons. The number of nitrogens with zero attached hydrogens (tertiary/aromatic N) is 3. The number of carbonyl (C=O) groups excluding carboxylic acids is 1.